The van der Waals surface area contributed by atoms with E-state index in [1.807, 2.05) is 0 Å². The lowest BCUT2D eigenvalue weighted by atomic mass is 9.47. The SMILES string of the molecule is COC(=O)C(C)C(CO)(CCC(C)C1CC[C@H]2C3=CC[C@H]4[C@H]5OC[C@@]4(CC[C@@H]5O)[C@H]3CC[C@]12C)OC1OC(CO)C(O)C(O)C1O. The molecule has 6 aliphatic rings. The van der Waals surface area contributed by atoms with Crippen molar-refractivity contribution >= 4 is 5.97 Å². The van der Waals surface area contributed by atoms with Crippen molar-refractivity contribution in [3.8, 4) is 0 Å². The second kappa shape index (κ2) is 12.9. The molecule has 4 aliphatic carbocycles. The first kappa shape index (κ1) is 34.7. The number of carbonyl (C=O) groups excluding carboxylic acids is 1. The standard InChI is InChI=1S/C35H56O11/c1-18(9-14-35(16-37,19(2)31(42)43-4)46-32-29(41)28(40)27(39)26(15-36)45-32)21-7-8-22-20-5-6-24-30-25(38)11-13-34(24,17-44-30)23(20)10-12-33(21,22)3/h5,18-19,21-30,32,36-41H,6-17H2,1-4H3/t18?,19?,21?,22-,23-,24-,25-,26?,27?,28?,29?,30+,32?,33+,34-,35?/m0/s1. The maximum atomic E-state index is 12.8. The Labute approximate surface area is 272 Å². The first-order valence-electron chi connectivity index (χ1n) is 17.5. The summed E-state index contributed by atoms with van der Waals surface area (Å²) in [4.78, 5) is 12.8. The van der Waals surface area contributed by atoms with Gasteiger partial charge in [-0.1, -0.05) is 25.5 Å². The molecule has 262 valence electrons. The summed E-state index contributed by atoms with van der Waals surface area (Å²) < 4.78 is 23.2. The van der Waals surface area contributed by atoms with Crippen LogP contribution in [0.25, 0.3) is 0 Å². The van der Waals surface area contributed by atoms with Crippen LogP contribution in [0.4, 0.5) is 0 Å². The Balaban J connectivity index is 1.19. The molecule has 0 aromatic rings. The number of carbonyl (C=O) groups is 1. The second-order valence-corrected chi connectivity index (χ2v) is 15.8. The first-order valence-corrected chi connectivity index (χ1v) is 17.5. The highest BCUT2D eigenvalue weighted by atomic mass is 16.7. The van der Waals surface area contributed by atoms with E-state index in [2.05, 4.69) is 19.9 Å². The number of aliphatic hydroxyl groups is 6. The van der Waals surface area contributed by atoms with E-state index in [4.69, 9.17) is 18.9 Å². The molecule has 6 N–H and O–H groups in total. The van der Waals surface area contributed by atoms with E-state index in [-0.39, 0.29) is 35.4 Å². The van der Waals surface area contributed by atoms with Crippen LogP contribution in [-0.2, 0) is 23.7 Å². The smallest absolute Gasteiger partial charge is 0.311 e. The van der Waals surface area contributed by atoms with Gasteiger partial charge in [0.25, 0.3) is 0 Å². The summed E-state index contributed by atoms with van der Waals surface area (Å²) in [5, 5.41) is 62.5. The lowest BCUT2D eigenvalue weighted by molar-refractivity contribution is -0.336. The van der Waals surface area contributed by atoms with E-state index in [1.54, 1.807) is 12.5 Å². The van der Waals surface area contributed by atoms with Crippen LogP contribution in [0.15, 0.2) is 11.6 Å². The number of aliphatic hydroxyl groups excluding tert-OH is 6. The lowest BCUT2D eigenvalue weighted by Crippen LogP contribution is -2.62. The van der Waals surface area contributed by atoms with Crippen LogP contribution in [0, 0.1) is 46.3 Å². The van der Waals surface area contributed by atoms with Crippen molar-refractivity contribution < 1.29 is 54.4 Å². The van der Waals surface area contributed by atoms with E-state index in [1.165, 1.54) is 7.11 Å². The molecule has 6 rings (SSSR count). The Bertz CT molecular complexity index is 1150. The van der Waals surface area contributed by atoms with Crippen molar-refractivity contribution in [3.63, 3.8) is 0 Å². The van der Waals surface area contributed by atoms with Gasteiger partial charge in [-0.05, 0) is 99.7 Å². The third-order valence-electron chi connectivity index (χ3n) is 14.0. The van der Waals surface area contributed by atoms with Gasteiger partial charge in [0, 0.05) is 5.41 Å². The highest BCUT2D eigenvalue weighted by Gasteiger charge is 2.64. The molecule has 5 fully saturated rings. The highest BCUT2D eigenvalue weighted by molar-refractivity contribution is 5.73. The van der Waals surface area contributed by atoms with E-state index in [9.17, 15) is 35.4 Å². The third kappa shape index (κ3) is 5.31. The average molecular weight is 653 g/mol. The van der Waals surface area contributed by atoms with Crippen molar-refractivity contribution in [3.05, 3.63) is 11.6 Å². The normalized spacial score (nSPS) is 47.5. The number of esters is 1. The molecule has 46 heavy (non-hydrogen) atoms. The molecule has 0 amide bonds. The summed E-state index contributed by atoms with van der Waals surface area (Å²) >= 11 is 0. The van der Waals surface area contributed by atoms with Crippen LogP contribution in [0.5, 0.6) is 0 Å². The molecular weight excluding hydrogens is 596 g/mol. The molecule has 0 radical (unpaired) electrons. The van der Waals surface area contributed by atoms with E-state index < -0.39 is 61.4 Å². The second-order valence-electron chi connectivity index (χ2n) is 15.8. The third-order valence-corrected chi connectivity index (χ3v) is 14.0. The van der Waals surface area contributed by atoms with Gasteiger partial charge in [-0.3, -0.25) is 4.79 Å². The van der Waals surface area contributed by atoms with Crippen LogP contribution in [0.3, 0.4) is 0 Å². The van der Waals surface area contributed by atoms with Gasteiger partial charge in [-0.2, -0.15) is 0 Å². The minimum absolute atomic E-state index is 0.0272. The lowest BCUT2D eigenvalue weighted by Gasteiger charge is -2.56. The summed E-state index contributed by atoms with van der Waals surface area (Å²) in [6, 6.07) is 0. The summed E-state index contributed by atoms with van der Waals surface area (Å²) in [5.41, 5.74) is 0.392. The topological polar surface area (TPSA) is 175 Å². The number of fused-ring (bicyclic) bond motifs is 3. The molecule has 2 saturated heterocycles. The number of hydrogen-bond acceptors (Lipinski definition) is 11. The van der Waals surface area contributed by atoms with Crippen molar-refractivity contribution in [2.45, 2.75) is 127 Å². The van der Waals surface area contributed by atoms with Gasteiger partial charge >= 0.3 is 5.97 Å². The molecule has 2 aliphatic heterocycles. The Morgan fingerprint density at radius 1 is 1.04 bits per heavy atom. The summed E-state index contributed by atoms with van der Waals surface area (Å²) in [6.07, 6.45) is 2.84. The number of rotatable bonds is 10. The number of hydrogen-bond donors (Lipinski definition) is 6. The Morgan fingerprint density at radius 3 is 2.50 bits per heavy atom. The number of methoxy groups -OCH3 is 1. The molecule has 0 spiro atoms. The van der Waals surface area contributed by atoms with Gasteiger partial charge in [-0.25, -0.2) is 0 Å². The zero-order chi connectivity index (χ0) is 33.2. The van der Waals surface area contributed by atoms with Crippen LogP contribution in [0.2, 0.25) is 0 Å². The fourth-order valence-corrected chi connectivity index (χ4v) is 11.2. The van der Waals surface area contributed by atoms with Gasteiger partial charge < -0.3 is 49.6 Å². The Hall–Kier alpha value is -1.15. The molecule has 3 saturated carbocycles. The largest absolute Gasteiger partial charge is 0.469 e. The number of allylic oxidation sites excluding steroid dienone is 2. The van der Waals surface area contributed by atoms with Crippen LogP contribution in [-0.4, -0.2) is 112 Å². The van der Waals surface area contributed by atoms with Gasteiger partial charge in [0.2, 0.25) is 0 Å². The minimum Gasteiger partial charge on any atom is -0.469 e. The molecule has 11 nitrogen and oxygen atoms in total. The zero-order valence-corrected chi connectivity index (χ0v) is 27.8. The van der Waals surface area contributed by atoms with Crippen LogP contribution >= 0.6 is 0 Å². The fraction of sp³-hybridized carbons (Fsp3) is 0.914. The molecular formula is C35H56O11. The van der Waals surface area contributed by atoms with Crippen molar-refractivity contribution in [1.29, 1.82) is 0 Å². The minimum atomic E-state index is -1.66. The predicted octanol–water partition coefficient (Wildman–Crippen LogP) is 1.69. The quantitative estimate of drug-likeness (QED) is 0.150. The molecule has 11 heteroatoms. The molecule has 0 aromatic heterocycles. The Morgan fingerprint density at radius 2 is 1.80 bits per heavy atom. The van der Waals surface area contributed by atoms with Crippen molar-refractivity contribution in [1.82, 2.24) is 0 Å². The van der Waals surface area contributed by atoms with E-state index >= 15 is 0 Å². The maximum absolute atomic E-state index is 12.8. The molecule has 2 heterocycles. The monoisotopic (exact) mass is 652 g/mol. The average Bonchev–Trinajstić information content (AvgIpc) is 3.57. The molecule has 0 aromatic carbocycles. The maximum Gasteiger partial charge on any atom is 0.311 e. The highest BCUT2D eigenvalue weighted by Crippen LogP contribution is 2.68. The van der Waals surface area contributed by atoms with Crippen LogP contribution < -0.4 is 0 Å². The fourth-order valence-electron chi connectivity index (χ4n) is 11.2. The summed E-state index contributed by atoms with van der Waals surface area (Å²) in [5.74, 6) is 0.570. The van der Waals surface area contributed by atoms with Gasteiger partial charge in [0.15, 0.2) is 6.29 Å². The van der Waals surface area contributed by atoms with Gasteiger partial charge in [-0.15, -0.1) is 0 Å². The van der Waals surface area contributed by atoms with Crippen molar-refractivity contribution in [2.24, 2.45) is 46.3 Å². The van der Waals surface area contributed by atoms with Crippen molar-refractivity contribution in [2.75, 3.05) is 26.9 Å². The van der Waals surface area contributed by atoms with Crippen LogP contribution in [0.1, 0.15) is 78.6 Å². The van der Waals surface area contributed by atoms with Gasteiger partial charge in [0.05, 0.1) is 45.1 Å². The summed E-state index contributed by atoms with van der Waals surface area (Å²) in [6.45, 7) is 5.88. The molecule has 2 bridgehead atoms. The molecule has 16 atom stereocenters. The first-order chi connectivity index (χ1) is 21.9. The Kier molecular flexibility index (Phi) is 9.77. The number of ether oxygens (including phenoxy) is 4. The van der Waals surface area contributed by atoms with E-state index in [0.717, 1.165) is 51.6 Å². The van der Waals surface area contributed by atoms with E-state index in [0.29, 0.717) is 30.1 Å². The summed E-state index contributed by atoms with van der Waals surface area (Å²) in [7, 11) is 1.27. The van der Waals surface area contributed by atoms with Gasteiger partial charge in [0.1, 0.15) is 30.0 Å². The predicted molar refractivity (Wildman–Crippen MR) is 165 cm³/mol. The zero-order valence-electron chi connectivity index (χ0n) is 27.8. The molecule has 9 unspecified atom stereocenters.